The Bertz CT molecular complexity index is 145. The van der Waals surface area contributed by atoms with Gasteiger partial charge in [0.1, 0.15) is 0 Å². The van der Waals surface area contributed by atoms with Gasteiger partial charge in [0.05, 0.1) is 0 Å². The lowest BCUT2D eigenvalue weighted by Crippen LogP contribution is -2.38. The summed E-state index contributed by atoms with van der Waals surface area (Å²) >= 11 is 0. The van der Waals surface area contributed by atoms with E-state index in [0.29, 0.717) is 0 Å². The van der Waals surface area contributed by atoms with E-state index >= 15 is 0 Å². The second-order valence-electron chi connectivity index (χ2n) is 4.98. The molecule has 0 unspecified atom stereocenters. The van der Waals surface area contributed by atoms with Crippen molar-refractivity contribution in [2.24, 2.45) is 5.92 Å². The molecular formula is C12H26N2. The van der Waals surface area contributed by atoms with Crippen molar-refractivity contribution < 1.29 is 0 Å². The zero-order valence-electron chi connectivity index (χ0n) is 10.1. The lowest BCUT2D eigenvalue weighted by Gasteiger charge is -2.29. The van der Waals surface area contributed by atoms with Crippen LogP contribution >= 0.6 is 0 Å². The monoisotopic (exact) mass is 198 g/mol. The van der Waals surface area contributed by atoms with E-state index in [1.54, 1.807) is 0 Å². The molecule has 14 heavy (non-hydrogen) atoms. The Morgan fingerprint density at radius 3 is 2.57 bits per heavy atom. The Labute approximate surface area is 89.1 Å². The topological polar surface area (TPSA) is 15.3 Å². The predicted octanol–water partition coefficient (Wildman–Crippen LogP) is 2.11. The van der Waals surface area contributed by atoms with Crippen molar-refractivity contribution in [3.63, 3.8) is 0 Å². The fourth-order valence-corrected chi connectivity index (χ4v) is 2.30. The van der Waals surface area contributed by atoms with Gasteiger partial charge in [0.15, 0.2) is 0 Å². The van der Waals surface area contributed by atoms with Crippen LogP contribution in [0.25, 0.3) is 0 Å². The molecule has 0 aromatic heterocycles. The summed E-state index contributed by atoms with van der Waals surface area (Å²) in [6.07, 6.45) is 6.96. The summed E-state index contributed by atoms with van der Waals surface area (Å²) in [5.41, 5.74) is 0. The maximum atomic E-state index is 3.70. The van der Waals surface area contributed by atoms with E-state index in [2.05, 4.69) is 31.2 Å². The molecule has 1 aliphatic rings. The molecule has 1 saturated carbocycles. The number of nitrogens with one attached hydrogen (secondary N) is 1. The third-order valence-corrected chi connectivity index (χ3v) is 3.30. The first-order valence-corrected chi connectivity index (χ1v) is 6.08. The largest absolute Gasteiger partial charge is 0.314 e. The Morgan fingerprint density at radius 1 is 1.21 bits per heavy atom. The minimum absolute atomic E-state index is 0.797. The van der Waals surface area contributed by atoms with Crippen LogP contribution in [-0.2, 0) is 0 Å². The standard InChI is InChI=1S/C12H26N2/c1-11-7-4-5-8-12(11)13-9-6-10-14(2)3/h11-13H,4-10H2,1-3H3/t11-,12+/m1/s1. The SMILES string of the molecule is C[C@@H]1CCCC[C@@H]1NCCCN(C)C. The van der Waals surface area contributed by atoms with Crippen molar-refractivity contribution in [1.82, 2.24) is 10.2 Å². The van der Waals surface area contributed by atoms with Crippen LogP contribution in [0.4, 0.5) is 0 Å². The molecule has 0 heterocycles. The van der Waals surface area contributed by atoms with Gasteiger partial charge in [-0.15, -0.1) is 0 Å². The first kappa shape index (κ1) is 12.0. The summed E-state index contributed by atoms with van der Waals surface area (Å²) in [5, 5.41) is 3.70. The zero-order chi connectivity index (χ0) is 10.4. The van der Waals surface area contributed by atoms with Crippen molar-refractivity contribution in [2.75, 3.05) is 27.2 Å². The average molecular weight is 198 g/mol. The van der Waals surface area contributed by atoms with Crippen LogP contribution < -0.4 is 5.32 Å². The summed E-state index contributed by atoms with van der Waals surface area (Å²) in [5.74, 6) is 0.892. The maximum Gasteiger partial charge on any atom is 0.00926 e. The predicted molar refractivity (Wildman–Crippen MR) is 62.6 cm³/mol. The highest BCUT2D eigenvalue weighted by atomic mass is 15.1. The molecule has 2 atom stereocenters. The van der Waals surface area contributed by atoms with Gasteiger partial charge in [-0.2, -0.15) is 0 Å². The Kier molecular flexibility index (Phi) is 5.49. The van der Waals surface area contributed by atoms with Gasteiger partial charge >= 0.3 is 0 Å². The molecule has 1 aliphatic carbocycles. The maximum absolute atomic E-state index is 3.70. The van der Waals surface area contributed by atoms with E-state index in [4.69, 9.17) is 0 Å². The molecule has 1 N–H and O–H groups in total. The highest BCUT2D eigenvalue weighted by Crippen LogP contribution is 2.23. The second-order valence-corrected chi connectivity index (χ2v) is 4.98. The van der Waals surface area contributed by atoms with Gasteiger partial charge in [-0.1, -0.05) is 19.8 Å². The van der Waals surface area contributed by atoms with Crippen molar-refractivity contribution >= 4 is 0 Å². The van der Waals surface area contributed by atoms with Crippen LogP contribution in [0.15, 0.2) is 0 Å². The van der Waals surface area contributed by atoms with Crippen LogP contribution in [0.2, 0.25) is 0 Å². The van der Waals surface area contributed by atoms with Gasteiger partial charge in [-0.25, -0.2) is 0 Å². The molecule has 1 rings (SSSR count). The molecule has 84 valence electrons. The molecular weight excluding hydrogens is 172 g/mol. The van der Waals surface area contributed by atoms with E-state index in [1.165, 1.54) is 45.2 Å². The Balaban J connectivity index is 2.04. The van der Waals surface area contributed by atoms with E-state index < -0.39 is 0 Å². The summed E-state index contributed by atoms with van der Waals surface area (Å²) in [6.45, 7) is 4.78. The van der Waals surface area contributed by atoms with Crippen molar-refractivity contribution in [3.05, 3.63) is 0 Å². The van der Waals surface area contributed by atoms with Crippen LogP contribution in [-0.4, -0.2) is 38.1 Å². The van der Waals surface area contributed by atoms with Gasteiger partial charge in [0, 0.05) is 6.04 Å². The zero-order valence-corrected chi connectivity index (χ0v) is 10.1. The molecule has 0 aromatic rings. The molecule has 0 amide bonds. The summed E-state index contributed by atoms with van der Waals surface area (Å²) in [6, 6.07) is 0.797. The molecule has 2 heteroatoms. The van der Waals surface area contributed by atoms with E-state index in [9.17, 15) is 0 Å². The second kappa shape index (κ2) is 6.41. The van der Waals surface area contributed by atoms with Gasteiger partial charge < -0.3 is 10.2 Å². The van der Waals surface area contributed by atoms with Crippen molar-refractivity contribution in [2.45, 2.75) is 45.1 Å². The van der Waals surface area contributed by atoms with E-state index in [1.807, 2.05) is 0 Å². The number of nitrogens with zero attached hydrogens (tertiary/aromatic N) is 1. The number of rotatable bonds is 5. The number of hydrogen-bond acceptors (Lipinski definition) is 2. The Hall–Kier alpha value is -0.0800. The van der Waals surface area contributed by atoms with Crippen LogP contribution in [0.5, 0.6) is 0 Å². The molecule has 1 fully saturated rings. The van der Waals surface area contributed by atoms with Gasteiger partial charge in [-0.05, 0) is 52.4 Å². The van der Waals surface area contributed by atoms with E-state index in [-0.39, 0.29) is 0 Å². The molecule has 0 bridgehead atoms. The Morgan fingerprint density at radius 2 is 1.93 bits per heavy atom. The van der Waals surface area contributed by atoms with E-state index in [0.717, 1.165) is 12.0 Å². The molecule has 0 aliphatic heterocycles. The van der Waals surface area contributed by atoms with Crippen LogP contribution in [0.1, 0.15) is 39.0 Å². The van der Waals surface area contributed by atoms with Crippen molar-refractivity contribution in [1.29, 1.82) is 0 Å². The minimum atomic E-state index is 0.797. The fraction of sp³-hybridized carbons (Fsp3) is 1.00. The van der Waals surface area contributed by atoms with Crippen LogP contribution in [0.3, 0.4) is 0 Å². The fourth-order valence-electron chi connectivity index (χ4n) is 2.30. The third-order valence-electron chi connectivity index (χ3n) is 3.30. The van der Waals surface area contributed by atoms with Gasteiger partial charge in [-0.3, -0.25) is 0 Å². The quantitative estimate of drug-likeness (QED) is 0.681. The first-order chi connectivity index (χ1) is 6.70. The lowest BCUT2D eigenvalue weighted by molar-refractivity contribution is 0.275. The van der Waals surface area contributed by atoms with Gasteiger partial charge in [0.2, 0.25) is 0 Å². The summed E-state index contributed by atoms with van der Waals surface area (Å²) in [7, 11) is 4.28. The molecule has 0 aromatic carbocycles. The highest BCUT2D eigenvalue weighted by Gasteiger charge is 2.19. The smallest absolute Gasteiger partial charge is 0.00926 e. The van der Waals surface area contributed by atoms with Crippen LogP contribution in [0, 0.1) is 5.92 Å². The average Bonchev–Trinajstić information content (AvgIpc) is 2.15. The molecule has 0 spiro atoms. The summed E-state index contributed by atoms with van der Waals surface area (Å²) < 4.78 is 0. The molecule has 0 saturated heterocycles. The summed E-state index contributed by atoms with van der Waals surface area (Å²) in [4.78, 5) is 2.26. The third kappa shape index (κ3) is 4.43. The number of hydrogen-bond donors (Lipinski definition) is 1. The molecule has 2 nitrogen and oxygen atoms in total. The lowest BCUT2D eigenvalue weighted by atomic mass is 9.86. The molecule has 0 radical (unpaired) electrons. The normalized spacial score (nSPS) is 28.3. The highest BCUT2D eigenvalue weighted by molar-refractivity contribution is 4.77. The minimum Gasteiger partial charge on any atom is -0.314 e. The van der Waals surface area contributed by atoms with Gasteiger partial charge in [0.25, 0.3) is 0 Å². The van der Waals surface area contributed by atoms with Crippen molar-refractivity contribution in [3.8, 4) is 0 Å². The first-order valence-electron chi connectivity index (χ1n) is 6.08.